The molecule has 154 valence electrons. The quantitative estimate of drug-likeness (QED) is 0.733. The molecule has 10 heteroatoms. The monoisotopic (exact) mass is 446 g/mol. The molecule has 2 aromatic rings. The lowest BCUT2D eigenvalue weighted by Gasteiger charge is -2.22. The summed E-state index contributed by atoms with van der Waals surface area (Å²) in [4.78, 5) is 18.3. The summed E-state index contributed by atoms with van der Waals surface area (Å²) in [5.41, 5.74) is 6.63. The molecule has 1 saturated heterocycles. The van der Waals surface area contributed by atoms with Crippen LogP contribution >= 0.6 is 24.8 Å². The zero-order valence-electron chi connectivity index (χ0n) is 15.4. The van der Waals surface area contributed by atoms with Crippen molar-refractivity contribution in [1.82, 2.24) is 9.88 Å². The number of benzene rings is 1. The van der Waals surface area contributed by atoms with Crippen LogP contribution in [0.3, 0.4) is 0 Å². The Morgan fingerprint density at radius 3 is 2.32 bits per heavy atom. The highest BCUT2D eigenvalue weighted by Gasteiger charge is 2.35. The lowest BCUT2D eigenvalue weighted by Crippen LogP contribution is -2.34. The smallest absolute Gasteiger partial charge is 0.261 e. The van der Waals surface area contributed by atoms with Gasteiger partial charge < -0.3 is 10.6 Å². The van der Waals surface area contributed by atoms with Crippen LogP contribution in [0.4, 0.5) is 5.69 Å². The number of carbonyl (C=O) groups is 1. The number of nitrogens with zero attached hydrogens (tertiary/aromatic N) is 2. The molecule has 0 saturated carbocycles. The van der Waals surface area contributed by atoms with Crippen molar-refractivity contribution in [3.8, 4) is 0 Å². The third-order valence-electron chi connectivity index (χ3n) is 4.68. The number of likely N-dealkylation sites (tertiary alicyclic amines) is 1. The molecule has 1 aliphatic heterocycles. The maximum absolute atomic E-state index is 12.6. The van der Waals surface area contributed by atoms with E-state index < -0.39 is 10.0 Å². The van der Waals surface area contributed by atoms with Crippen LogP contribution in [0.2, 0.25) is 0 Å². The van der Waals surface area contributed by atoms with Gasteiger partial charge in [0.25, 0.3) is 15.9 Å². The van der Waals surface area contributed by atoms with Crippen LogP contribution in [0.1, 0.15) is 23.7 Å². The maximum Gasteiger partial charge on any atom is 0.261 e. The van der Waals surface area contributed by atoms with Gasteiger partial charge in [0.05, 0.1) is 10.6 Å². The minimum atomic E-state index is -3.72. The maximum atomic E-state index is 12.6. The van der Waals surface area contributed by atoms with E-state index in [0.717, 1.165) is 6.42 Å². The van der Waals surface area contributed by atoms with Gasteiger partial charge in [-0.2, -0.15) is 0 Å². The first kappa shape index (κ1) is 24.2. The molecule has 0 bridgehead atoms. The van der Waals surface area contributed by atoms with E-state index in [1.54, 1.807) is 29.2 Å². The van der Waals surface area contributed by atoms with E-state index in [1.807, 2.05) is 0 Å². The van der Waals surface area contributed by atoms with Crippen LogP contribution in [-0.2, 0) is 10.0 Å². The fraction of sp³-hybridized carbons (Fsp3) is 0.333. The molecule has 1 atom stereocenters. The molecule has 2 heterocycles. The molecule has 1 amide bonds. The molecule has 1 aliphatic rings. The molecule has 0 aliphatic carbocycles. The predicted octanol–water partition coefficient (Wildman–Crippen LogP) is 2.54. The van der Waals surface area contributed by atoms with Gasteiger partial charge in [0.1, 0.15) is 0 Å². The minimum absolute atomic E-state index is 0. The Balaban J connectivity index is 0.00000196. The number of halogens is 2. The molecule has 0 spiro atoms. The Morgan fingerprint density at radius 1 is 1.18 bits per heavy atom. The summed E-state index contributed by atoms with van der Waals surface area (Å²) in [7, 11) is -3.72. The molecule has 1 aromatic heterocycles. The van der Waals surface area contributed by atoms with Crippen molar-refractivity contribution in [2.75, 3.05) is 24.4 Å². The van der Waals surface area contributed by atoms with E-state index in [2.05, 4.69) is 16.6 Å². The van der Waals surface area contributed by atoms with Crippen LogP contribution < -0.4 is 10.5 Å². The van der Waals surface area contributed by atoms with Gasteiger partial charge in [-0.1, -0.05) is 6.92 Å². The first-order valence-corrected chi connectivity index (χ1v) is 9.84. The molecule has 0 radical (unpaired) electrons. The molecular weight excluding hydrogens is 423 g/mol. The number of hydrogen-bond donors (Lipinski definition) is 2. The first-order chi connectivity index (χ1) is 12.3. The SMILES string of the molecule is CC1(CN)CCN(C(=O)c2ccc(S(=O)(=O)Nc3ccncc3)cc2)C1.Cl.Cl. The number of rotatable bonds is 5. The second-order valence-electron chi connectivity index (χ2n) is 6.86. The van der Waals surface area contributed by atoms with E-state index >= 15 is 0 Å². The zero-order valence-corrected chi connectivity index (χ0v) is 17.8. The Morgan fingerprint density at radius 2 is 1.79 bits per heavy atom. The van der Waals surface area contributed by atoms with Gasteiger partial charge in [0.2, 0.25) is 0 Å². The fourth-order valence-electron chi connectivity index (χ4n) is 2.96. The largest absolute Gasteiger partial charge is 0.338 e. The number of nitrogens with one attached hydrogen (secondary N) is 1. The summed E-state index contributed by atoms with van der Waals surface area (Å²) in [5.74, 6) is -0.104. The molecule has 1 aromatic carbocycles. The molecule has 1 fully saturated rings. The molecular formula is C18H24Cl2N4O3S. The van der Waals surface area contributed by atoms with Gasteiger partial charge in [-0.3, -0.25) is 14.5 Å². The van der Waals surface area contributed by atoms with Gasteiger partial charge >= 0.3 is 0 Å². The van der Waals surface area contributed by atoms with E-state index in [0.29, 0.717) is 30.9 Å². The van der Waals surface area contributed by atoms with Gasteiger partial charge in [0, 0.05) is 31.0 Å². The van der Waals surface area contributed by atoms with Crippen molar-refractivity contribution in [3.63, 3.8) is 0 Å². The average Bonchev–Trinajstić information content (AvgIpc) is 3.05. The number of amides is 1. The van der Waals surface area contributed by atoms with Crippen molar-refractivity contribution >= 4 is 46.4 Å². The zero-order chi connectivity index (χ0) is 18.8. The van der Waals surface area contributed by atoms with Gasteiger partial charge in [0.15, 0.2) is 0 Å². The van der Waals surface area contributed by atoms with Crippen LogP contribution in [0.15, 0.2) is 53.7 Å². The van der Waals surface area contributed by atoms with E-state index in [4.69, 9.17) is 5.73 Å². The number of carbonyl (C=O) groups excluding carboxylic acids is 1. The molecule has 7 nitrogen and oxygen atoms in total. The third-order valence-corrected chi connectivity index (χ3v) is 6.08. The highest BCUT2D eigenvalue weighted by molar-refractivity contribution is 7.92. The third kappa shape index (κ3) is 5.35. The van der Waals surface area contributed by atoms with Gasteiger partial charge in [-0.25, -0.2) is 8.42 Å². The number of pyridine rings is 1. The predicted molar refractivity (Wildman–Crippen MR) is 114 cm³/mol. The number of hydrogen-bond acceptors (Lipinski definition) is 5. The number of sulfonamides is 1. The Bertz CT molecular complexity index is 895. The van der Waals surface area contributed by atoms with Crippen molar-refractivity contribution in [2.45, 2.75) is 18.2 Å². The summed E-state index contributed by atoms with van der Waals surface area (Å²) in [5, 5.41) is 0. The van der Waals surface area contributed by atoms with Gasteiger partial charge in [-0.05, 0) is 54.8 Å². The standard InChI is InChI=1S/C18H22N4O3S.2ClH/c1-18(12-19)8-11-22(13-18)17(23)14-2-4-16(5-3-14)26(24,25)21-15-6-9-20-10-7-15;;/h2-7,9-10H,8,11-13,19H2,1H3,(H,20,21);2*1H. The summed E-state index contributed by atoms with van der Waals surface area (Å²) in [6.07, 6.45) is 3.88. The number of aromatic nitrogens is 1. The highest BCUT2D eigenvalue weighted by Crippen LogP contribution is 2.29. The van der Waals surface area contributed by atoms with Gasteiger partial charge in [-0.15, -0.1) is 24.8 Å². The van der Waals surface area contributed by atoms with Crippen molar-refractivity contribution in [3.05, 3.63) is 54.4 Å². The summed E-state index contributed by atoms with van der Waals surface area (Å²) >= 11 is 0. The summed E-state index contributed by atoms with van der Waals surface area (Å²) < 4.78 is 27.3. The average molecular weight is 447 g/mol. The number of nitrogens with two attached hydrogens (primary N) is 1. The molecule has 1 unspecified atom stereocenters. The molecule has 28 heavy (non-hydrogen) atoms. The fourth-order valence-corrected chi connectivity index (χ4v) is 4.02. The second kappa shape index (κ2) is 9.56. The normalized spacial score (nSPS) is 18.7. The van der Waals surface area contributed by atoms with Crippen LogP contribution in [0.25, 0.3) is 0 Å². The first-order valence-electron chi connectivity index (χ1n) is 8.35. The van der Waals surface area contributed by atoms with Crippen molar-refractivity contribution in [1.29, 1.82) is 0 Å². The lowest BCUT2D eigenvalue weighted by molar-refractivity contribution is 0.0777. The molecule has 3 rings (SSSR count). The van der Waals surface area contributed by atoms with Crippen LogP contribution in [0, 0.1) is 5.41 Å². The Hall–Kier alpha value is -1.87. The lowest BCUT2D eigenvalue weighted by atomic mass is 9.90. The van der Waals surface area contributed by atoms with E-state index in [9.17, 15) is 13.2 Å². The topological polar surface area (TPSA) is 105 Å². The van der Waals surface area contributed by atoms with Crippen molar-refractivity contribution < 1.29 is 13.2 Å². The van der Waals surface area contributed by atoms with E-state index in [-0.39, 0.29) is 41.0 Å². The van der Waals surface area contributed by atoms with Crippen LogP contribution in [0.5, 0.6) is 0 Å². The van der Waals surface area contributed by atoms with Crippen LogP contribution in [-0.4, -0.2) is 43.8 Å². The van der Waals surface area contributed by atoms with Crippen molar-refractivity contribution in [2.24, 2.45) is 11.1 Å². The number of anilines is 1. The second-order valence-corrected chi connectivity index (χ2v) is 8.54. The summed E-state index contributed by atoms with van der Waals surface area (Å²) in [6, 6.07) is 9.10. The molecule has 3 N–H and O–H groups in total. The Kier molecular flexibility index (Phi) is 8.25. The highest BCUT2D eigenvalue weighted by atomic mass is 35.5. The Labute approximate surface area is 177 Å². The minimum Gasteiger partial charge on any atom is -0.338 e. The summed E-state index contributed by atoms with van der Waals surface area (Å²) in [6.45, 7) is 3.89. The van der Waals surface area contributed by atoms with E-state index in [1.165, 1.54) is 24.5 Å².